The first kappa shape index (κ1) is 13.3. The van der Waals surface area contributed by atoms with Crippen LogP contribution in [0.1, 0.15) is 32.1 Å². The monoisotopic (exact) mass is 267 g/mol. The lowest BCUT2D eigenvalue weighted by atomic mass is 10.0. The first-order chi connectivity index (χ1) is 9.25. The van der Waals surface area contributed by atoms with Crippen molar-refractivity contribution in [1.82, 2.24) is 15.1 Å². The molecular formula is C14H25N3O2. The molecule has 0 saturated carbocycles. The predicted molar refractivity (Wildman–Crippen MR) is 72.8 cm³/mol. The van der Waals surface area contributed by atoms with Crippen LogP contribution in [0.3, 0.4) is 0 Å². The third kappa shape index (κ3) is 2.78. The van der Waals surface area contributed by atoms with Gasteiger partial charge in [0.25, 0.3) is 0 Å². The Morgan fingerprint density at radius 1 is 1.11 bits per heavy atom. The first-order valence-electron chi connectivity index (χ1n) is 7.69. The molecule has 5 nitrogen and oxygen atoms in total. The van der Waals surface area contributed by atoms with Gasteiger partial charge in [0.1, 0.15) is 0 Å². The Hall–Kier alpha value is -0.650. The predicted octanol–water partition coefficient (Wildman–Crippen LogP) is -0.204. The van der Waals surface area contributed by atoms with Gasteiger partial charge in [0.05, 0.1) is 12.1 Å². The van der Waals surface area contributed by atoms with Crippen LogP contribution in [0.25, 0.3) is 0 Å². The number of aliphatic hydroxyl groups excluding tert-OH is 1. The van der Waals surface area contributed by atoms with E-state index in [-0.39, 0.29) is 18.1 Å². The smallest absolute Gasteiger partial charge is 0.240 e. The zero-order chi connectivity index (χ0) is 13.2. The summed E-state index contributed by atoms with van der Waals surface area (Å²) >= 11 is 0. The van der Waals surface area contributed by atoms with Crippen molar-refractivity contribution >= 4 is 5.91 Å². The summed E-state index contributed by atoms with van der Waals surface area (Å²) < 4.78 is 0. The molecule has 0 radical (unpaired) electrons. The summed E-state index contributed by atoms with van der Waals surface area (Å²) in [5.74, 6) is 0.257. The molecule has 0 aromatic heterocycles. The normalized spacial score (nSPS) is 34.1. The summed E-state index contributed by atoms with van der Waals surface area (Å²) in [6.45, 7) is 4.48. The molecule has 3 saturated heterocycles. The zero-order valence-corrected chi connectivity index (χ0v) is 11.6. The summed E-state index contributed by atoms with van der Waals surface area (Å²) in [5, 5.41) is 13.0. The Morgan fingerprint density at radius 3 is 2.58 bits per heavy atom. The SMILES string of the molecule is O=C(C1CCCN1C1CCNCC1)N1CC[C@H](O)C1. The average molecular weight is 267 g/mol. The van der Waals surface area contributed by atoms with E-state index in [0.717, 1.165) is 58.3 Å². The maximum atomic E-state index is 12.6. The minimum Gasteiger partial charge on any atom is -0.391 e. The van der Waals surface area contributed by atoms with Crippen LogP contribution in [0.5, 0.6) is 0 Å². The Kier molecular flexibility index (Phi) is 4.05. The number of carbonyl (C=O) groups is 1. The van der Waals surface area contributed by atoms with Crippen molar-refractivity contribution in [2.24, 2.45) is 0 Å². The topological polar surface area (TPSA) is 55.8 Å². The highest BCUT2D eigenvalue weighted by Gasteiger charge is 2.39. The number of amides is 1. The summed E-state index contributed by atoms with van der Waals surface area (Å²) in [7, 11) is 0. The molecular weight excluding hydrogens is 242 g/mol. The van der Waals surface area contributed by atoms with Gasteiger partial charge in [0.15, 0.2) is 0 Å². The summed E-state index contributed by atoms with van der Waals surface area (Å²) in [4.78, 5) is 16.9. The maximum Gasteiger partial charge on any atom is 0.240 e. The van der Waals surface area contributed by atoms with E-state index in [9.17, 15) is 9.90 Å². The molecule has 19 heavy (non-hydrogen) atoms. The van der Waals surface area contributed by atoms with Crippen molar-refractivity contribution in [2.75, 3.05) is 32.7 Å². The van der Waals surface area contributed by atoms with Crippen molar-refractivity contribution in [3.8, 4) is 0 Å². The second-order valence-corrected chi connectivity index (χ2v) is 6.10. The Labute approximate surface area is 114 Å². The van der Waals surface area contributed by atoms with Crippen molar-refractivity contribution in [3.05, 3.63) is 0 Å². The van der Waals surface area contributed by atoms with Gasteiger partial charge in [0, 0.05) is 19.1 Å². The number of aliphatic hydroxyl groups is 1. The molecule has 0 aromatic carbocycles. The van der Waals surface area contributed by atoms with Gasteiger partial charge < -0.3 is 15.3 Å². The minimum atomic E-state index is -0.308. The number of β-amino-alcohol motifs (C(OH)–C–C–N with tert-alkyl or cyclic N) is 1. The van der Waals surface area contributed by atoms with Gasteiger partial charge in [0.2, 0.25) is 5.91 Å². The first-order valence-corrected chi connectivity index (χ1v) is 7.69. The van der Waals surface area contributed by atoms with Gasteiger partial charge in [-0.1, -0.05) is 0 Å². The molecule has 5 heteroatoms. The van der Waals surface area contributed by atoms with Crippen LogP contribution < -0.4 is 5.32 Å². The molecule has 0 bridgehead atoms. The lowest BCUT2D eigenvalue weighted by Gasteiger charge is -2.36. The molecule has 2 N–H and O–H groups in total. The Bertz CT molecular complexity index is 331. The van der Waals surface area contributed by atoms with E-state index in [2.05, 4.69) is 10.2 Å². The quantitative estimate of drug-likeness (QED) is 0.727. The van der Waals surface area contributed by atoms with E-state index in [0.29, 0.717) is 12.6 Å². The van der Waals surface area contributed by atoms with Crippen molar-refractivity contribution in [1.29, 1.82) is 0 Å². The van der Waals surface area contributed by atoms with Gasteiger partial charge in [-0.2, -0.15) is 0 Å². The van der Waals surface area contributed by atoms with E-state index in [1.165, 1.54) is 0 Å². The van der Waals surface area contributed by atoms with Crippen LogP contribution in [0.15, 0.2) is 0 Å². The van der Waals surface area contributed by atoms with Crippen molar-refractivity contribution in [2.45, 2.75) is 50.3 Å². The average Bonchev–Trinajstić information content (AvgIpc) is 3.07. The number of hydrogen-bond acceptors (Lipinski definition) is 4. The molecule has 3 heterocycles. The van der Waals surface area contributed by atoms with Crippen LogP contribution in [-0.2, 0) is 4.79 Å². The fourth-order valence-electron chi connectivity index (χ4n) is 3.78. The molecule has 3 fully saturated rings. The van der Waals surface area contributed by atoms with Crippen LogP contribution in [0.2, 0.25) is 0 Å². The van der Waals surface area contributed by atoms with E-state index < -0.39 is 0 Å². The van der Waals surface area contributed by atoms with Crippen molar-refractivity contribution in [3.63, 3.8) is 0 Å². The molecule has 3 aliphatic heterocycles. The van der Waals surface area contributed by atoms with E-state index >= 15 is 0 Å². The third-order valence-electron chi connectivity index (χ3n) is 4.83. The lowest BCUT2D eigenvalue weighted by Crippen LogP contribution is -2.51. The highest BCUT2D eigenvalue weighted by atomic mass is 16.3. The summed E-state index contributed by atoms with van der Waals surface area (Å²) in [6.07, 6.45) is 4.88. The molecule has 0 aliphatic carbocycles. The lowest BCUT2D eigenvalue weighted by molar-refractivity contribution is -0.136. The minimum absolute atomic E-state index is 0.0772. The van der Waals surface area contributed by atoms with E-state index in [1.807, 2.05) is 4.90 Å². The number of carbonyl (C=O) groups excluding carboxylic acids is 1. The molecule has 1 unspecified atom stereocenters. The van der Waals surface area contributed by atoms with Gasteiger partial charge >= 0.3 is 0 Å². The highest BCUT2D eigenvalue weighted by Crippen LogP contribution is 2.26. The van der Waals surface area contributed by atoms with Gasteiger partial charge in [-0.3, -0.25) is 9.69 Å². The second kappa shape index (κ2) is 5.77. The third-order valence-corrected chi connectivity index (χ3v) is 4.83. The fraction of sp³-hybridized carbons (Fsp3) is 0.929. The van der Waals surface area contributed by atoms with Crippen LogP contribution in [-0.4, -0.2) is 71.7 Å². The van der Waals surface area contributed by atoms with Crippen LogP contribution in [0.4, 0.5) is 0 Å². The van der Waals surface area contributed by atoms with Gasteiger partial charge in [-0.15, -0.1) is 0 Å². The highest BCUT2D eigenvalue weighted by molar-refractivity contribution is 5.82. The van der Waals surface area contributed by atoms with E-state index in [1.54, 1.807) is 0 Å². The number of nitrogens with zero attached hydrogens (tertiary/aromatic N) is 2. The molecule has 3 rings (SSSR count). The molecule has 3 aliphatic rings. The fourth-order valence-corrected chi connectivity index (χ4v) is 3.78. The summed E-state index contributed by atoms with van der Waals surface area (Å²) in [5.41, 5.74) is 0. The van der Waals surface area contributed by atoms with Crippen LogP contribution >= 0.6 is 0 Å². The zero-order valence-electron chi connectivity index (χ0n) is 11.6. The molecule has 0 aromatic rings. The summed E-state index contributed by atoms with van der Waals surface area (Å²) in [6, 6.07) is 0.652. The Balaban J connectivity index is 1.63. The largest absolute Gasteiger partial charge is 0.391 e. The Morgan fingerprint density at radius 2 is 1.89 bits per heavy atom. The van der Waals surface area contributed by atoms with E-state index in [4.69, 9.17) is 0 Å². The molecule has 108 valence electrons. The molecule has 0 spiro atoms. The number of likely N-dealkylation sites (tertiary alicyclic amines) is 2. The number of rotatable bonds is 2. The maximum absolute atomic E-state index is 12.6. The van der Waals surface area contributed by atoms with Crippen LogP contribution in [0, 0.1) is 0 Å². The number of piperidine rings is 1. The van der Waals surface area contributed by atoms with Crippen molar-refractivity contribution < 1.29 is 9.90 Å². The number of hydrogen-bond donors (Lipinski definition) is 2. The van der Waals surface area contributed by atoms with Gasteiger partial charge in [-0.25, -0.2) is 0 Å². The van der Waals surface area contributed by atoms with Gasteiger partial charge in [-0.05, 0) is 51.7 Å². The molecule has 2 atom stereocenters. The standard InChI is InChI=1S/C14H25N3O2/c18-12-5-9-16(10-12)14(19)13-2-1-8-17(13)11-3-6-15-7-4-11/h11-13,15,18H,1-10H2/t12-,13?/m0/s1. The molecule has 1 amide bonds. The second-order valence-electron chi connectivity index (χ2n) is 6.10. The number of nitrogens with one attached hydrogen (secondary N) is 1.